The van der Waals surface area contributed by atoms with Gasteiger partial charge in [0.25, 0.3) is 0 Å². The molecule has 0 aliphatic heterocycles. The van der Waals surface area contributed by atoms with Crippen molar-refractivity contribution in [3.63, 3.8) is 0 Å². The molecule has 21 heavy (non-hydrogen) atoms. The van der Waals surface area contributed by atoms with Crippen molar-refractivity contribution in [3.05, 3.63) is 24.3 Å². The zero-order valence-corrected chi connectivity index (χ0v) is 13.6. The van der Waals surface area contributed by atoms with Gasteiger partial charge in [0.1, 0.15) is 5.75 Å². The molecule has 5 nitrogen and oxygen atoms in total. The Morgan fingerprint density at radius 1 is 1.24 bits per heavy atom. The molecular weight excluding hydrogens is 266 g/mol. The highest BCUT2D eigenvalue weighted by atomic mass is 16.5. The van der Waals surface area contributed by atoms with Crippen LogP contribution in [0, 0.1) is 0 Å². The third kappa shape index (κ3) is 6.04. The minimum Gasteiger partial charge on any atom is -0.497 e. The zero-order valence-electron chi connectivity index (χ0n) is 13.6. The molecule has 0 aliphatic rings. The number of rotatable bonds is 7. The first-order valence-electron chi connectivity index (χ1n) is 7.38. The van der Waals surface area contributed by atoms with Crippen molar-refractivity contribution >= 4 is 11.7 Å². The smallest absolute Gasteiger partial charge is 0.319 e. The largest absolute Gasteiger partial charge is 0.497 e. The summed E-state index contributed by atoms with van der Waals surface area (Å²) in [6, 6.07) is 8.03. The van der Waals surface area contributed by atoms with E-state index in [1.165, 1.54) is 0 Å². The van der Waals surface area contributed by atoms with Gasteiger partial charge in [0.2, 0.25) is 0 Å². The lowest BCUT2D eigenvalue weighted by atomic mass is 10.2. The first kappa shape index (κ1) is 17.3. The van der Waals surface area contributed by atoms with Crippen molar-refractivity contribution in [2.24, 2.45) is 0 Å². The van der Waals surface area contributed by atoms with E-state index in [4.69, 9.17) is 4.74 Å². The predicted octanol–water partition coefficient (Wildman–Crippen LogP) is 2.94. The van der Waals surface area contributed by atoms with Crippen LogP contribution in [0.25, 0.3) is 0 Å². The molecule has 2 N–H and O–H groups in total. The Hall–Kier alpha value is -1.75. The van der Waals surface area contributed by atoms with Gasteiger partial charge in [-0.1, -0.05) is 6.07 Å². The van der Waals surface area contributed by atoms with Crippen molar-refractivity contribution < 1.29 is 9.53 Å². The van der Waals surface area contributed by atoms with E-state index in [0.29, 0.717) is 18.6 Å². The molecule has 0 heterocycles. The summed E-state index contributed by atoms with van der Waals surface area (Å²) >= 11 is 0. The number of carbonyl (C=O) groups is 1. The predicted molar refractivity (Wildman–Crippen MR) is 87.0 cm³/mol. The molecule has 0 aromatic heterocycles. The lowest BCUT2D eigenvalue weighted by molar-refractivity contribution is 0.176. The van der Waals surface area contributed by atoms with E-state index < -0.39 is 0 Å². The van der Waals surface area contributed by atoms with E-state index in [-0.39, 0.29) is 6.03 Å². The van der Waals surface area contributed by atoms with Gasteiger partial charge in [0.05, 0.1) is 7.11 Å². The van der Waals surface area contributed by atoms with Crippen LogP contribution in [0.4, 0.5) is 10.5 Å². The fraction of sp³-hybridized carbons (Fsp3) is 0.562. The van der Waals surface area contributed by atoms with Crippen LogP contribution in [-0.4, -0.2) is 43.2 Å². The Balaban J connectivity index is 2.40. The van der Waals surface area contributed by atoms with Gasteiger partial charge >= 0.3 is 6.03 Å². The van der Waals surface area contributed by atoms with Gasteiger partial charge in [-0.25, -0.2) is 4.79 Å². The van der Waals surface area contributed by atoms with E-state index in [1.54, 1.807) is 13.2 Å². The quantitative estimate of drug-likeness (QED) is 0.812. The van der Waals surface area contributed by atoms with Crippen LogP contribution < -0.4 is 15.4 Å². The normalized spacial score (nSPS) is 11.0. The number of amides is 2. The van der Waals surface area contributed by atoms with Crippen molar-refractivity contribution in [2.45, 2.75) is 39.8 Å². The molecule has 0 bridgehead atoms. The van der Waals surface area contributed by atoms with Crippen molar-refractivity contribution in [1.29, 1.82) is 0 Å². The summed E-state index contributed by atoms with van der Waals surface area (Å²) in [4.78, 5) is 14.2. The summed E-state index contributed by atoms with van der Waals surface area (Å²) in [6.45, 7) is 10.1. The highest BCUT2D eigenvalue weighted by Crippen LogP contribution is 2.16. The highest BCUT2D eigenvalue weighted by molar-refractivity contribution is 5.89. The van der Waals surface area contributed by atoms with Crippen LogP contribution in [-0.2, 0) is 0 Å². The van der Waals surface area contributed by atoms with Gasteiger partial charge in [0, 0.05) is 36.9 Å². The second-order valence-corrected chi connectivity index (χ2v) is 5.54. The zero-order chi connectivity index (χ0) is 15.8. The van der Waals surface area contributed by atoms with Gasteiger partial charge in [-0.3, -0.25) is 4.90 Å². The minimum atomic E-state index is -0.198. The van der Waals surface area contributed by atoms with Crippen molar-refractivity contribution in [2.75, 3.05) is 25.5 Å². The summed E-state index contributed by atoms with van der Waals surface area (Å²) in [5, 5.41) is 5.68. The molecule has 0 unspecified atom stereocenters. The maximum Gasteiger partial charge on any atom is 0.319 e. The average molecular weight is 293 g/mol. The summed E-state index contributed by atoms with van der Waals surface area (Å²) < 4.78 is 5.12. The number of hydrogen-bond acceptors (Lipinski definition) is 3. The number of anilines is 1. The second kappa shape index (κ2) is 8.52. The van der Waals surface area contributed by atoms with Gasteiger partial charge in [-0.2, -0.15) is 0 Å². The molecule has 1 rings (SSSR count). The fourth-order valence-corrected chi connectivity index (χ4v) is 2.29. The minimum absolute atomic E-state index is 0.198. The number of urea groups is 1. The van der Waals surface area contributed by atoms with Crippen LogP contribution in [0.5, 0.6) is 5.75 Å². The standard InChI is InChI=1S/C16H27N3O2/c1-12(2)19(13(3)4)10-9-17-16(20)18-14-7-6-8-15(11-14)21-5/h6-8,11-13H,9-10H2,1-5H3,(H2,17,18,20). The summed E-state index contributed by atoms with van der Waals surface area (Å²) in [5.41, 5.74) is 0.719. The molecule has 0 aliphatic carbocycles. The third-order valence-corrected chi connectivity index (χ3v) is 3.31. The van der Waals surface area contributed by atoms with Gasteiger partial charge < -0.3 is 15.4 Å². The first-order chi connectivity index (χ1) is 9.93. The lowest BCUT2D eigenvalue weighted by Gasteiger charge is -2.30. The number of nitrogens with zero attached hydrogens (tertiary/aromatic N) is 1. The van der Waals surface area contributed by atoms with Crippen LogP contribution in [0.2, 0.25) is 0 Å². The number of benzene rings is 1. The molecule has 0 saturated heterocycles. The van der Waals surface area contributed by atoms with Gasteiger partial charge in [0.15, 0.2) is 0 Å². The number of carbonyl (C=O) groups excluding carboxylic acids is 1. The summed E-state index contributed by atoms with van der Waals surface area (Å²) in [5.74, 6) is 0.721. The van der Waals surface area contributed by atoms with E-state index >= 15 is 0 Å². The summed E-state index contributed by atoms with van der Waals surface area (Å²) in [7, 11) is 1.60. The van der Waals surface area contributed by atoms with Crippen molar-refractivity contribution in [3.8, 4) is 5.75 Å². The molecule has 1 aromatic carbocycles. The molecule has 118 valence electrons. The maximum absolute atomic E-state index is 11.9. The molecule has 0 saturated carbocycles. The van der Waals surface area contributed by atoms with E-state index in [0.717, 1.165) is 18.0 Å². The van der Waals surface area contributed by atoms with Crippen molar-refractivity contribution in [1.82, 2.24) is 10.2 Å². The van der Waals surface area contributed by atoms with Crippen LogP contribution in [0.1, 0.15) is 27.7 Å². The first-order valence-corrected chi connectivity index (χ1v) is 7.38. The monoisotopic (exact) mass is 293 g/mol. The number of nitrogens with one attached hydrogen (secondary N) is 2. The molecule has 0 spiro atoms. The Bertz CT molecular complexity index is 439. The third-order valence-electron chi connectivity index (χ3n) is 3.31. The molecule has 0 atom stereocenters. The van der Waals surface area contributed by atoms with Crippen LogP contribution in [0.3, 0.4) is 0 Å². The highest BCUT2D eigenvalue weighted by Gasteiger charge is 2.13. The van der Waals surface area contributed by atoms with Crippen LogP contribution >= 0.6 is 0 Å². The Labute approximate surface area is 127 Å². The lowest BCUT2D eigenvalue weighted by Crippen LogP contribution is -2.43. The Morgan fingerprint density at radius 2 is 1.90 bits per heavy atom. The fourth-order valence-electron chi connectivity index (χ4n) is 2.29. The van der Waals surface area contributed by atoms with E-state index in [9.17, 15) is 4.79 Å². The molecule has 5 heteroatoms. The maximum atomic E-state index is 11.9. The molecule has 2 amide bonds. The van der Waals surface area contributed by atoms with E-state index in [2.05, 4.69) is 43.2 Å². The Kier molecular flexibility index (Phi) is 7.02. The number of methoxy groups -OCH3 is 1. The topological polar surface area (TPSA) is 53.6 Å². The molecule has 1 aromatic rings. The second-order valence-electron chi connectivity index (χ2n) is 5.54. The average Bonchev–Trinajstić information content (AvgIpc) is 2.42. The van der Waals surface area contributed by atoms with Gasteiger partial charge in [-0.15, -0.1) is 0 Å². The summed E-state index contributed by atoms with van der Waals surface area (Å²) in [6.07, 6.45) is 0. The molecular formula is C16H27N3O2. The number of ether oxygens (including phenoxy) is 1. The van der Waals surface area contributed by atoms with Gasteiger partial charge in [-0.05, 0) is 39.8 Å². The SMILES string of the molecule is COc1cccc(NC(=O)NCCN(C(C)C)C(C)C)c1. The Morgan fingerprint density at radius 3 is 2.48 bits per heavy atom. The number of hydrogen-bond donors (Lipinski definition) is 2. The van der Waals surface area contributed by atoms with Crippen LogP contribution in [0.15, 0.2) is 24.3 Å². The molecule has 0 radical (unpaired) electrons. The molecule has 0 fully saturated rings. The van der Waals surface area contributed by atoms with E-state index in [1.807, 2.05) is 18.2 Å².